The van der Waals surface area contributed by atoms with E-state index in [0.29, 0.717) is 5.69 Å². The molecule has 0 N–H and O–H groups in total. The predicted octanol–water partition coefficient (Wildman–Crippen LogP) is 2.84. The van der Waals surface area contributed by atoms with Gasteiger partial charge in [-0.05, 0) is 24.3 Å². The Balaban J connectivity index is 2.54. The number of ketones is 1. The third-order valence-electron chi connectivity index (χ3n) is 2.06. The van der Waals surface area contributed by atoms with E-state index in [9.17, 15) is 4.79 Å². The number of nitrogens with zero attached hydrogens (tertiary/aromatic N) is 2. The summed E-state index contributed by atoms with van der Waals surface area (Å²) in [5, 5.41) is 4.12. The molecule has 15 heavy (non-hydrogen) atoms. The number of carbonyl (C=O) groups is 1. The lowest BCUT2D eigenvalue weighted by atomic mass is 10.3. The zero-order valence-corrected chi connectivity index (χ0v) is 9.73. The lowest BCUT2D eigenvalue weighted by Crippen LogP contribution is -2.05. The standard InChI is InChI=1S/C11H9BrN2O/c1-8(15)11-5-6-13-14(11)10-4-2-3-9(12)7-10/h2-7H,1H3. The van der Waals surface area contributed by atoms with Gasteiger partial charge in [-0.25, -0.2) is 4.68 Å². The molecule has 2 rings (SSSR count). The van der Waals surface area contributed by atoms with Gasteiger partial charge in [0.2, 0.25) is 0 Å². The Labute approximate surface area is 95.9 Å². The molecular weight excluding hydrogens is 256 g/mol. The summed E-state index contributed by atoms with van der Waals surface area (Å²) in [6.07, 6.45) is 1.62. The Bertz CT molecular complexity index is 505. The maximum absolute atomic E-state index is 11.3. The van der Waals surface area contributed by atoms with E-state index in [1.165, 1.54) is 6.92 Å². The number of benzene rings is 1. The van der Waals surface area contributed by atoms with E-state index >= 15 is 0 Å². The maximum atomic E-state index is 11.3. The molecule has 4 heteroatoms. The van der Waals surface area contributed by atoms with Gasteiger partial charge in [-0.1, -0.05) is 22.0 Å². The fourth-order valence-electron chi connectivity index (χ4n) is 1.38. The van der Waals surface area contributed by atoms with E-state index in [1.54, 1.807) is 16.9 Å². The lowest BCUT2D eigenvalue weighted by Gasteiger charge is -2.04. The van der Waals surface area contributed by atoms with Crippen molar-refractivity contribution in [1.29, 1.82) is 0 Å². The molecule has 0 aliphatic carbocycles. The van der Waals surface area contributed by atoms with Crippen LogP contribution in [0.5, 0.6) is 0 Å². The number of hydrogen-bond acceptors (Lipinski definition) is 2. The Morgan fingerprint density at radius 2 is 2.20 bits per heavy atom. The van der Waals surface area contributed by atoms with Crippen molar-refractivity contribution >= 4 is 21.7 Å². The third-order valence-corrected chi connectivity index (χ3v) is 2.55. The summed E-state index contributed by atoms with van der Waals surface area (Å²) in [6, 6.07) is 9.37. The Morgan fingerprint density at radius 3 is 2.87 bits per heavy atom. The first-order valence-electron chi connectivity index (χ1n) is 4.49. The molecule has 76 valence electrons. The van der Waals surface area contributed by atoms with Crippen LogP contribution >= 0.6 is 15.9 Å². The van der Waals surface area contributed by atoms with Crippen molar-refractivity contribution in [2.24, 2.45) is 0 Å². The van der Waals surface area contributed by atoms with Gasteiger partial charge in [0.1, 0.15) is 5.69 Å². The largest absolute Gasteiger partial charge is 0.293 e. The summed E-state index contributed by atoms with van der Waals surface area (Å²) < 4.78 is 2.60. The SMILES string of the molecule is CC(=O)c1ccnn1-c1cccc(Br)c1. The molecule has 0 amide bonds. The van der Waals surface area contributed by atoms with Crippen LogP contribution in [0.1, 0.15) is 17.4 Å². The van der Waals surface area contributed by atoms with Gasteiger partial charge in [-0.3, -0.25) is 4.79 Å². The number of rotatable bonds is 2. The van der Waals surface area contributed by atoms with E-state index < -0.39 is 0 Å². The molecule has 0 saturated heterocycles. The minimum atomic E-state index is 0.00692. The van der Waals surface area contributed by atoms with Crippen LogP contribution in [0.25, 0.3) is 5.69 Å². The summed E-state index contributed by atoms with van der Waals surface area (Å²) in [6.45, 7) is 1.53. The minimum absolute atomic E-state index is 0.00692. The highest BCUT2D eigenvalue weighted by Gasteiger charge is 2.08. The molecule has 1 aromatic carbocycles. The van der Waals surface area contributed by atoms with Gasteiger partial charge in [0.15, 0.2) is 5.78 Å². The summed E-state index contributed by atoms with van der Waals surface area (Å²) in [7, 11) is 0. The van der Waals surface area contributed by atoms with Gasteiger partial charge in [-0.2, -0.15) is 5.10 Å². The number of aromatic nitrogens is 2. The van der Waals surface area contributed by atoms with Gasteiger partial charge < -0.3 is 0 Å². The average Bonchev–Trinajstić information content (AvgIpc) is 2.65. The summed E-state index contributed by atoms with van der Waals surface area (Å²) in [5.74, 6) is 0.00692. The van der Waals surface area contributed by atoms with Gasteiger partial charge >= 0.3 is 0 Å². The monoisotopic (exact) mass is 264 g/mol. The quantitative estimate of drug-likeness (QED) is 0.782. The second-order valence-electron chi connectivity index (χ2n) is 3.16. The molecule has 3 nitrogen and oxygen atoms in total. The van der Waals surface area contributed by atoms with Crippen molar-refractivity contribution in [2.75, 3.05) is 0 Å². The molecule has 0 saturated carbocycles. The summed E-state index contributed by atoms with van der Waals surface area (Å²) in [4.78, 5) is 11.3. The van der Waals surface area contributed by atoms with Crippen LogP contribution in [0.4, 0.5) is 0 Å². The second-order valence-corrected chi connectivity index (χ2v) is 4.08. The van der Waals surface area contributed by atoms with Crippen LogP contribution < -0.4 is 0 Å². The van der Waals surface area contributed by atoms with Crippen molar-refractivity contribution < 1.29 is 4.79 Å². The molecular formula is C11H9BrN2O. The molecule has 0 radical (unpaired) electrons. The highest BCUT2D eigenvalue weighted by molar-refractivity contribution is 9.10. The van der Waals surface area contributed by atoms with Crippen molar-refractivity contribution in [3.63, 3.8) is 0 Å². The normalized spacial score (nSPS) is 10.3. The fraction of sp³-hybridized carbons (Fsp3) is 0.0909. The number of halogens is 1. The van der Waals surface area contributed by atoms with E-state index in [4.69, 9.17) is 0 Å². The molecule has 0 spiro atoms. The minimum Gasteiger partial charge on any atom is -0.293 e. The first-order valence-corrected chi connectivity index (χ1v) is 5.28. The topological polar surface area (TPSA) is 34.9 Å². The molecule has 2 aromatic rings. The van der Waals surface area contributed by atoms with Gasteiger partial charge in [0.25, 0.3) is 0 Å². The molecule has 1 heterocycles. The van der Waals surface area contributed by atoms with E-state index in [0.717, 1.165) is 10.2 Å². The van der Waals surface area contributed by atoms with Crippen molar-refractivity contribution in [3.05, 3.63) is 46.7 Å². The van der Waals surface area contributed by atoms with Crippen LogP contribution in [0.15, 0.2) is 41.0 Å². The zero-order chi connectivity index (χ0) is 10.8. The van der Waals surface area contributed by atoms with E-state index in [1.807, 2.05) is 24.3 Å². The average molecular weight is 265 g/mol. The summed E-state index contributed by atoms with van der Waals surface area (Å²) in [5.41, 5.74) is 1.47. The van der Waals surface area contributed by atoms with Gasteiger partial charge in [0, 0.05) is 11.4 Å². The molecule has 0 atom stereocenters. The van der Waals surface area contributed by atoms with Crippen LogP contribution in [0.3, 0.4) is 0 Å². The molecule has 0 bridgehead atoms. The predicted molar refractivity (Wildman–Crippen MR) is 61.3 cm³/mol. The van der Waals surface area contributed by atoms with E-state index in [-0.39, 0.29) is 5.78 Å². The molecule has 0 fully saturated rings. The highest BCUT2D eigenvalue weighted by Crippen LogP contribution is 2.16. The highest BCUT2D eigenvalue weighted by atomic mass is 79.9. The molecule has 0 aliphatic heterocycles. The third kappa shape index (κ3) is 1.99. The van der Waals surface area contributed by atoms with Crippen LogP contribution in [-0.4, -0.2) is 15.6 Å². The first-order chi connectivity index (χ1) is 7.18. The van der Waals surface area contributed by atoms with Crippen LogP contribution in [0, 0.1) is 0 Å². The smallest absolute Gasteiger partial charge is 0.178 e. The Hall–Kier alpha value is -1.42. The molecule has 0 aliphatic rings. The lowest BCUT2D eigenvalue weighted by molar-refractivity contribution is 0.101. The molecule has 1 aromatic heterocycles. The number of carbonyl (C=O) groups excluding carboxylic acids is 1. The second kappa shape index (κ2) is 3.98. The fourth-order valence-corrected chi connectivity index (χ4v) is 1.77. The van der Waals surface area contributed by atoms with Crippen LogP contribution in [-0.2, 0) is 0 Å². The van der Waals surface area contributed by atoms with Gasteiger partial charge in [0.05, 0.1) is 11.9 Å². The first kappa shape index (κ1) is 10.1. The van der Waals surface area contributed by atoms with E-state index in [2.05, 4.69) is 21.0 Å². The molecule has 0 unspecified atom stereocenters. The van der Waals surface area contributed by atoms with Gasteiger partial charge in [-0.15, -0.1) is 0 Å². The van der Waals surface area contributed by atoms with Crippen LogP contribution in [0.2, 0.25) is 0 Å². The summed E-state index contributed by atoms with van der Waals surface area (Å²) >= 11 is 3.38. The van der Waals surface area contributed by atoms with Crippen molar-refractivity contribution in [3.8, 4) is 5.69 Å². The Morgan fingerprint density at radius 1 is 1.40 bits per heavy atom. The van der Waals surface area contributed by atoms with Crippen molar-refractivity contribution in [1.82, 2.24) is 9.78 Å². The number of Topliss-reactive ketones (excluding diaryl/α,β-unsaturated/α-hetero) is 1. The zero-order valence-electron chi connectivity index (χ0n) is 8.14. The van der Waals surface area contributed by atoms with Crippen molar-refractivity contribution in [2.45, 2.75) is 6.92 Å². The Kier molecular flexibility index (Phi) is 2.68. The maximum Gasteiger partial charge on any atom is 0.178 e. The number of hydrogen-bond donors (Lipinski definition) is 0.